The molecule has 1 heterocycles. The fraction of sp³-hybridized carbons (Fsp3) is 0.304. The maximum absolute atomic E-state index is 13.5. The van der Waals surface area contributed by atoms with Crippen LogP contribution in [0.2, 0.25) is 0 Å². The van der Waals surface area contributed by atoms with Crippen LogP contribution in [0.3, 0.4) is 0 Å². The van der Waals surface area contributed by atoms with Crippen LogP contribution in [-0.2, 0) is 10.0 Å². The van der Waals surface area contributed by atoms with Crippen molar-refractivity contribution in [3.8, 4) is 5.75 Å². The highest BCUT2D eigenvalue weighted by molar-refractivity contribution is 7.89. The Labute approximate surface area is 178 Å². The monoisotopic (exact) mass is 425 g/mol. The lowest BCUT2D eigenvalue weighted by Gasteiger charge is -2.35. The molecular weight excluding hydrogens is 398 g/mol. The average Bonchev–Trinajstić information content (AvgIpc) is 2.78. The highest BCUT2D eigenvalue weighted by Crippen LogP contribution is 2.32. The van der Waals surface area contributed by atoms with Crippen LogP contribution >= 0.6 is 0 Å². The molecule has 0 N–H and O–H groups in total. The van der Waals surface area contributed by atoms with E-state index >= 15 is 0 Å². The summed E-state index contributed by atoms with van der Waals surface area (Å²) in [5.41, 5.74) is 2.09. The van der Waals surface area contributed by atoms with Gasteiger partial charge < -0.3 is 14.5 Å². The van der Waals surface area contributed by atoms with Gasteiger partial charge >= 0.3 is 0 Å². The van der Waals surface area contributed by atoms with E-state index in [0.29, 0.717) is 31.1 Å². The number of nitrogens with zero attached hydrogens (tertiary/aromatic N) is 3. The Bertz CT molecular complexity index is 1140. The lowest BCUT2D eigenvalue weighted by atomic mass is 10.1. The molecule has 1 saturated heterocycles. The summed E-state index contributed by atoms with van der Waals surface area (Å²) in [6.07, 6.45) is 0. The smallest absolute Gasteiger partial charge is 0.243 e. The van der Waals surface area contributed by atoms with Gasteiger partial charge in [-0.3, -0.25) is 0 Å². The minimum Gasteiger partial charge on any atom is -0.497 e. The summed E-state index contributed by atoms with van der Waals surface area (Å²) in [6, 6.07) is 19.2. The van der Waals surface area contributed by atoms with E-state index in [-0.39, 0.29) is 0 Å². The fourth-order valence-electron chi connectivity index (χ4n) is 4.00. The van der Waals surface area contributed by atoms with Gasteiger partial charge in [-0.1, -0.05) is 24.3 Å². The Balaban J connectivity index is 1.58. The number of piperazine rings is 1. The molecule has 1 aliphatic rings. The summed E-state index contributed by atoms with van der Waals surface area (Å²) >= 11 is 0. The molecule has 3 aromatic rings. The first-order valence-electron chi connectivity index (χ1n) is 10.00. The number of sulfonamides is 1. The third-order valence-electron chi connectivity index (χ3n) is 5.63. The number of fused-ring (bicyclic) bond motifs is 1. The minimum absolute atomic E-state index is 0.376. The number of hydrogen-bond donors (Lipinski definition) is 0. The van der Waals surface area contributed by atoms with Crippen molar-refractivity contribution in [3.63, 3.8) is 0 Å². The van der Waals surface area contributed by atoms with Crippen molar-refractivity contribution in [3.05, 3.63) is 60.7 Å². The fourth-order valence-corrected chi connectivity index (χ4v) is 5.63. The third-order valence-corrected chi connectivity index (χ3v) is 7.59. The predicted molar refractivity (Wildman–Crippen MR) is 122 cm³/mol. The second-order valence-electron chi connectivity index (χ2n) is 7.61. The number of ether oxygens (including phenoxy) is 1. The Morgan fingerprint density at radius 2 is 1.47 bits per heavy atom. The molecule has 0 amide bonds. The zero-order chi connectivity index (χ0) is 21.3. The molecule has 0 saturated carbocycles. The molecule has 0 atom stereocenters. The van der Waals surface area contributed by atoms with Gasteiger partial charge in [0, 0.05) is 62.4 Å². The molecule has 4 rings (SSSR count). The molecular formula is C23H27N3O3S. The lowest BCUT2D eigenvalue weighted by Crippen LogP contribution is -2.48. The van der Waals surface area contributed by atoms with E-state index in [4.69, 9.17) is 4.74 Å². The Kier molecular flexibility index (Phi) is 5.58. The third kappa shape index (κ3) is 3.70. The molecule has 6 nitrogen and oxygen atoms in total. The Morgan fingerprint density at radius 3 is 2.10 bits per heavy atom. The molecule has 0 unspecified atom stereocenters. The first kappa shape index (κ1) is 20.5. The summed E-state index contributed by atoms with van der Waals surface area (Å²) in [5, 5.41) is 1.71. The second kappa shape index (κ2) is 8.16. The molecule has 0 radical (unpaired) electrons. The maximum Gasteiger partial charge on any atom is 0.243 e. The highest BCUT2D eigenvalue weighted by Gasteiger charge is 2.30. The largest absolute Gasteiger partial charge is 0.497 e. The molecule has 7 heteroatoms. The van der Waals surface area contributed by atoms with Gasteiger partial charge in [-0.15, -0.1) is 0 Å². The summed E-state index contributed by atoms with van der Waals surface area (Å²) in [7, 11) is 2.00. The molecule has 158 valence electrons. The van der Waals surface area contributed by atoms with Crippen molar-refractivity contribution in [1.29, 1.82) is 0 Å². The van der Waals surface area contributed by atoms with Gasteiger partial charge in [0.05, 0.1) is 12.0 Å². The van der Waals surface area contributed by atoms with Crippen molar-refractivity contribution >= 4 is 32.2 Å². The average molecular weight is 426 g/mol. The normalized spacial score (nSPS) is 15.4. The van der Waals surface area contributed by atoms with E-state index in [1.54, 1.807) is 17.5 Å². The summed E-state index contributed by atoms with van der Waals surface area (Å²) in [4.78, 5) is 4.59. The molecule has 0 aliphatic carbocycles. The van der Waals surface area contributed by atoms with Gasteiger partial charge in [0.2, 0.25) is 10.0 Å². The number of anilines is 2. The van der Waals surface area contributed by atoms with Gasteiger partial charge in [-0.25, -0.2) is 8.42 Å². The van der Waals surface area contributed by atoms with Gasteiger partial charge in [-0.2, -0.15) is 4.31 Å². The van der Waals surface area contributed by atoms with Crippen LogP contribution in [0.25, 0.3) is 10.8 Å². The van der Waals surface area contributed by atoms with Crippen molar-refractivity contribution in [1.82, 2.24) is 4.31 Å². The first-order valence-corrected chi connectivity index (χ1v) is 11.4. The molecule has 0 aromatic heterocycles. The van der Waals surface area contributed by atoms with E-state index in [1.807, 2.05) is 73.6 Å². The summed E-state index contributed by atoms with van der Waals surface area (Å²) < 4.78 is 33.8. The van der Waals surface area contributed by atoms with E-state index < -0.39 is 10.0 Å². The van der Waals surface area contributed by atoms with Crippen LogP contribution in [-0.4, -0.2) is 60.1 Å². The minimum atomic E-state index is -3.58. The zero-order valence-electron chi connectivity index (χ0n) is 17.6. The van der Waals surface area contributed by atoms with E-state index in [1.165, 1.54) is 0 Å². The maximum atomic E-state index is 13.5. The van der Waals surface area contributed by atoms with Crippen molar-refractivity contribution in [2.24, 2.45) is 0 Å². The van der Waals surface area contributed by atoms with Crippen molar-refractivity contribution in [2.75, 3.05) is 57.2 Å². The standard InChI is InChI=1S/C23H27N3O3S/c1-24(2)22-8-4-7-21-20(22)6-5-9-23(21)30(27,28)26-16-14-25(15-17-26)18-10-12-19(29-3)13-11-18/h4-13H,14-17H2,1-3H3. The molecule has 0 spiro atoms. The molecule has 1 aliphatic heterocycles. The van der Waals surface area contributed by atoms with Crippen molar-refractivity contribution in [2.45, 2.75) is 4.90 Å². The SMILES string of the molecule is COc1ccc(N2CCN(S(=O)(=O)c3cccc4c(N(C)C)cccc34)CC2)cc1. The van der Waals surface area contributed by atoms with Crippen LogP contribution in [0.1, 0.15) is 0 Å². The number of benzene rings is 3. The molecule has 0 bridgehead atoms. The number of rotatable bonds is 5. The first-order chi connectivity index (χ1) is 14.4. The van der Waals surface area contributed by atoms with Crippen LogP contribution < -0.4 is 14.5 Å². The Morgan fingerprint density at radius 1 is 0.833 bits per heavy atom. The predicted octanol–water partition coefficient (Wildman–Crippen LogP) is 3.43. The zero-order valence-corrected chi connectivity index (χ0v) is 18.4. The van der Waals surface area contributed by atoms with Gasteiger partial charge in [-0.05, 0) is 36.4 Å². The molecule has 30 heavy (non-hydrogen) atoms. The van der Waals surface area contributed by atoms with Crippen LogP contribution in [0, 0.1) is 0 Å². The summed E-state index contributed by atoms with van der Waals surface area (Å²) in [5.74, 6) is 0.813. The van der Waals surface area contributed by atoms with Crippen LogP contribution in [0.4, 0.5) is 11.4 Å². The summed E-state index contributed by atoms with van der Waals surface area (Å²) in [6.45, 7) is 2.22. The highest BCUT2D eigenvalue weighted by atomic mass is 32.2. The lowest BCUT2D eigenvalue weighted by molar-refractivity contribution is 0.385. The van der Waals surface area contributed by atoms with E-state index in [2.05, 4.69) is 4.90 Å². The molecule has 1 fully saturated rings. The van der Waals surface area contributed by atoms with Gasteiger partial charge in [0.15, 0.2) is 0 Å². The van der Waals surface area contributed by atoms with Crippen LogP contribution in [0.5, 0.6) is 5.75 Å². The number of hydrogen-bond acceptors (Lipinski definition) is 5. The second-order valence-corrected chi connectivity index (χ2v) is 9.52. The van der Waals surface area contributed by atoms with Crippen molar-refractivity contribution < 1.29 is 13.2 Å². The molecule has 3 aromatic carbocycles. The van der Waals surface area contributed by atoms with Crippen LogP contribution in [0.15, 0.2) is 65.6 Å². The van der Waals surface area contributed by atoms with Gasteiger partial charge in [0.25, 0.3) is 0 Å². The van der Waals surface area contributed by atoms with E-state index in [0.717, 1.165) is 27.9 Å². The van der Waals surface area contributed by atoms with E-state index in [9.17, 15) is 8.42 Å². The number of methoxy groups -OCH3 is 1. The Hall–Kier alpha value is -2.77. The quantitative estimate of drug-likeness (QED) is 0.627. The van der Waals surface area contributed by atoms with Gasteiger partial charge in [0.1, 0.15) is 5.75 Å². The topological polar surface area (TPSA) is 53.1 Å².